The maximum absolute atomic E-state index is 11.5. The number of carbonyl (C=O) groups is 2. The van der Waals surface area contributed by atoms with Crippen molar-refractivity contribution in [2.45, 2.75) is 26.3 Å². The molecule has 0 aliphatic carbocycles. The molecule has 0 spiro atoms. The molecule has 1 rings (SSSR count). The molecule has 1 heterocycles. The summed E-state index contributed by atoms with van der Waals surface area (Å²) in [6.45, 7) is 6.24. The van der Waals surface area contributed by atoms with Gasteiger partial charge in [0.2, 0.25) is 5.91 Å². The van der Waals surface area contributed by atoms with E-state index in [9.17, 15) is 9.59 Å². The second-order valence-electron chi connectivity index (χ2n) is 4.51. The fourth-order valence-corrected chi connectivity index (χ4v) is 2.01. The standard InChI is InChI=1S/C11H20N2O2/c1-9(2)10-7-12(3)11(15)8-13(10)5-4-6-14/h6,9-10H,4-5,7-8H2,1-3H3. The van der Waals surface area contributed by atoms with Gasteiger partial charge in [0.1, 0.15) is 6.29 Å². The Balaban J connectivity index is 2.63. The van der Waals surface area contributed by atoms with Gasteiger partial charge in [-0.3, -0.25) is 9.69 Å². The Kier molecular flexibility index (Phi) is 4.27. The van der Waals surface area contributed by atoms with Gasteiger partial charge in [-0.05, 0) is 5.92 Å². The zero-order valence-electron chi connectivity index (χ0n) is 9.77. The number of aldehydes is 1. The van der Waals surface area contributed by atoms with Gasteiger partial charge in [-0.25, -0.2) is 0 Å². The second-order valence-corrected chi connectivity index (χ2v) is 4.51. The lowest BCUT2D eigenvalue weighted by Gasteiger charge is -2.41. The molecule has 0 aromatic heterocycles. The average molecular weight is 212 g/mol. The van der Waals surface area contributed by atoms with Crippen LogP contribution in [0.2, 0.25) is 0 Å². The lowest BCUT2D eigenvalue weighted by Crippen LogP contribution is -2.56. The fourth-order valence-electron chi connectivity index (χ4n) is 2.01. The highest BCUT2D eigenvalue weighted by molar-refractivity contribution is 5.78. The van der Waals surface area contributed by atoms with Crippen molar-refractivity contribution in [3.05, 3.63) is 0 Å². The third kappa shape index (κ3) is 3.02. The second kappa shape index (κ2) is 5.26. The van der Waals surface area contributed by atoms with Crippen LogP contribution >= 0.6 is 0 Å². The van der Waals surface area contributed by atoms with Crippen LogP contribution in [-0.4, -0.2) is 54.7 Å². The first-order valence-electron chi connectivity index (χ1n) is 5.48. The minimum absolute atomic E-state index is 0.151. The minimum atomic E-state index is 0.151. The highest BCUT2D eigenvalue weighted by Gasteiger charge is 2.31. The number of rotatable bonds is 4. The van der Waals surface area contributed by atoms with Crippen molar-refractivity contribution in [2.75, 3.05) is 26.7 Å². The molecule has 86 valence electrons. The van der Waals surface area contributed by atoms with E-state index >= 15 is 0 Å². The Morgan fingerprint density at radius 3 is 2.73 bits per heavy atom. The maximum atomic E-state index is 11.5. The molecule has 0 saturated carbocycles. The van der Waals surface area contributed by atoms with E-state index in [4.69, 9.17) is 0 Å². The van der Waals surface area contributed by atoms with Gasteiger partial charge in [-0.1, -0.05) is 13.8 Å². The number of carbonyl (C=O) groups excluding carboxylic acids is 2. The molecule has 0 bridgehead atoms. The van der Waals surface area contributed by atoms with E-state index in [1.165, 1.54) is 0 Å². The van der Waals surface area contributed by atoms with Crippen molar-refractivity contribution in [1.82, 2.24) is 9.80 Å². The van der Waals surface area contributed by atoms with Gasteiger partial charge in [-0.15, -0.1) is 0 Å². The van der Waals surface area contributed by atoms with Crippen LogP contribution in [0.4, 0.5) is 0 Å². The van der Waals surface area contributed by atoms with E-state index in [0.29, 0.717) is 31.5 Å². The molecule has 1 saturated heterocycles. The Bertz CT molecular complexity index is 241. The molecule has 1 fully saturated rings. The highest BCUT2D eigenvalue weighted by Crippen LogP contribution is 2.16. The van der Waals surface area contributed by atoms with Crippen molar-refractivity contribution in [3.63, 3.8) is 0 Å². The Labute approximate surface area is 91.2 Å². The van der Waals surface area contributed by atoms with E-state index in [1.54, 1.807) is 4.90 Å². The molecule has 0 aromatic rings. The van der Waals surface area contributed by atoms with Crippen LogP contribution < -0.4 is 0 Å². The summed E-state index contributed by atoms with van der Waals surface area (Å²) >= 11 is 0. The van der Waals surface area contributed by atoms with E-state index < -0.39 is 0 Å². The first-order chi connectivity index (χ1) is 7.06. The predicted molar refractivity (Wildman–Crippen MR) is 58.5 cm³/mol. The van der Waals surface area contributed by atoms with Gasteiger partial charge in [0.25, 0.3) is 0 Å². The van der Waals surface area contributed by atoms with Crippen LogP contribution in [0.15, 0.2) is 0 Å². The molecule has 4 heteroatoms. The first-order valence-corrected chi connectivity index (χ1v) is 5.48. The maximum Gasteiger partial charge on any atom is 0.236 e. The lowest BCUT2D eigenvalue weighted by molar-refractivity contribution is -0.138. The predicted octanol–water partition coefficient (Wildman–Crippen LogP) is 0.374. The molecule has 1 aliphatic heterocycles. The van der Waals surface area contributed by atoms with Crippen molar-refractivity contribution < 1.29 is 9.59 Å². The van der Waals surface area contributed by atoms with Crippen LogP contribution in [0.25, 0.3) is 0 Å². The summed E-state index contributed by atoms with van der Waals surface area (Å²) in [5.74, 6) is 0.657. The Hall–Kier alpha value is -0.900. The van der Waals surface area contributed by atoms with Crippen LogP contribution in [0, 0.1) is 5.92 Å². The van der Waals surface area contributed by atoms with E-state index in [0.717, 1.165) is 12.8 Å². The van der Waals surface area contributed by atoms with Gasteiger partial charge in [0, 0.05) is 32.6 Å². The van der Waals surface area contributed by atoms with E-state index in [2.05, 4.69) is 18.7 Å². The summed E-state index contributed by atoms with van der Waals surface area (Å²) in [5.41, 5.74) is 0. The smallest absolute Gasteiger partial charge is 0.236 e. The molecule has 1 unspecified atom stereocenters. The molecular formula is C11H20N2O2. The largest absolute Gasteiger partial charge is 0.343 e. The number of likely N-dealkylation sites (N-methyl/N-ethyl adjacent to an activating group) is 1. The third-order valence-corrected chi connectivity index (χ3v) is 3.00. The quantitative estimate of drug-likeness (QED) is 0.632. The van der Waals surface area contributed by atoms with Crippen molar-refractivity contribution in [3.8, 4) is 0 Å². The van der Waals surface area contributed by atoms with Gasteiger partial charge in [-0.2, -0.15) is 0 Å². The summed E-state index contributed by atoms with van der Waals surface area (Å²) in [5, 5.41) is 0. The van der Waals surface area contributed by atoms with Gasteiger partial charge < -0.3 is 9.69 Å². The van der Waals surface area contributed by atoms with Crippen LogP contribution in [0.1, 0.15) is 20.3 Å². The molecule has 4 nitrogen and oxygen atoms in total. The molecule has 1 amide bonds. The Morgan fingerprint density at radius 2 is 2.20 bits per heavy atom. The Morgan fingerprint density at radius 1 is 1.53 bits per heavy atom. The van der Waals surface area contributed by atoms with Crippen LogP contribution in [0.5, 0.6) is 0 Å². The molecule has 0 N–H and O–H groups in total. The minimum Gasteiger partial charge on any atom is -0.343 e. The molecule has 1 aliphatic rings. The average Bonchev–Trinajstić information content (AvgIpc) is 2.19. The number of amides is 1. The lowest BCUT2D eigenvalue weighted by atomic mass is 9.99. The van der Waals surface area contributed by atoms with E-state index in [1.807, 2.05) is 7.05 Å². The summed E-state index contributed by atoms with van der Waals surface area (Å²) in [6.07, 6.45) is 1.43. The molecule has 15 heavy (non-hydrogen) atoms. The zero-order valence-corrected chi connectivity index (χ0v) is 9.77. The zero-order chi connectivity index (χ0) is 11.4. The summed E-state index contributed by atoms with van der Waals surface area (Å²) < 4.78 is 0. The van der Waals surface area contributed by atoms with Crippen molar-refractivity contribution in [1.29, 1.82) is 0 Å². The molecule has 0 radical (unpaired) electrons. The topological polar surface area (TPSA) is 40.6 Å². The van der Waals surface area contributed by atoms with Gasteiger partial charge >= 0.3 is 0 Å². The third-order valence-electron chi connectivity index (χ3n) is 3.00. The SMILES string of the molecule is CC(C)C1CN(C)C(=O)CN1CCC=O. The van der Waals surface area contributed by atoms with Crippen LogP contribution in [-0.2, 0) is 9.59 Å². The highest BCUT2D eigenvalue weighted by atomic mass is 16.2. The number of nitrogens with zero attached hydrogens (tertiary/aromatic N) is 2. The monoisotopic (exact) mass is 212 g/mol. The summed E-state index contributed by atoms with van der Waals surface area (Å²) in [6, 6.07) is 0.382. The fraction of sp³-hybridized carbons (Fsp3) is 0.818. The van der Waals surface area contributed by atoms with Crippen LogP contribution in [0.3, 0.4) is 0 Å². The molecule has 1 atom stereocenters. The number of hydrogen-bond acceptors (Lipinski definition) is 3. The van der Waals surface area contributed by atoms with Crippen molar-refractivity contribution >= 4 is 12.2 Å². The van der Waals surface area contributed by atoms with E-state index in [-0.39, 0.29) is 5.91 Å². The number of piperazine rings is 1. The van der Waals surface area contributed by atoms with Crippen molar-refractivity contribution in [2.24, 2.45) is 5.92 Å². The van der Waals surface area contributed by atoms with Gasteiger partial charge in [0.05, 0.1) is 6.54 Å². The normalized spacial score (nSPS) is 23.6. The molecule has 0 aromatic carbocycles. The number of hydrogen-bond donors (Lipinski definition) is 0. The molecular weight excluding hydrogens is 192 g/mol. The first kappa shape index (κ1) is 12.2. The summed E-state index contributed by atoms with van der Waals surface area (Å²) in [7, 11) is 1.84. The summed E-state index contributed by atoms with van der Waals surface area (Å²) in [4.78, 5) is 25.8. The van der Waals surface area contributed by atoms with Gasteiger partial charge in [0.15, 0.2) is 0 Å².